The molecule has 4 aromatic rings. The van der Waals surface area contributed by atoms with Crippen molar-refractivity contribution >= 4 is 29.3 Å². The molecule has 0 aliphatic heterocycles. The van der Waals surface area contributed by atoms with Crippen molar-refractivity contribution in [2.24, 2.45) is 0 Å². The van der Waals surface area contributed by atoms with E-state index in [9.17, 15) is 0 Å². The maximum absolute atomic E-state index is 2.28. The minimum Gasteiger partial charge on any atom is -0.0622 e. The molecule has 0 spiro atoms. The highest BCUT2D eigenvalue weighted by Crippen LogP contribution is 2.35. The van der Waals surface area contributed by atoms with Crippen molar-refractivity contribution in [3.05, 3.63) is 109 Å². The summed E-state index contributed by atoms with van der Waals surface area (Å²) >= 11 is 0. The standard InChI is InChI=1S/C24H21P/c1-3-13-22(14-4-1)25(23-15-5-2-6-16-23)19-18-21-12-9-11-20-10-7-8-17-24(20)21/h1-17H,18-19H2. The molecule has 0 aromatic heterocycles. The molecule has 0 N–H and O–H groups in total. The Bertz CT molecular complexity index is 900. The maximum atomic E-state index is 2.28. The van der Waals surface area contributed by atoms with Gasteiger partial charge in [0.1, 0.15) is 0 Å². The van der Waals surface area contributed by atoms with Crippen molar-refractivity contribution in [3.63, 3.8) is 0 Å². The zero-order valence-corrected chi connectivity index (χ0v) is 15.1. The number of aryl methyl sites for hydroxylation is 1. The van der Waals surface area contributed by atoms with Crippen LogP contribution in [0, 0.1) is 0 Å². The van der Waals surface area contributed by atoms with E-state index in [-0.39, 0.29) is 7.92 Å². The first-order valence-corrected chi connectivity index (χ1v) is 10.3. The Balaban J connectivity index is 1.65. The molecule has 1 heteroatoms. The van der Waals surface area contributed by atoms with Crippen LogP contribution in [-0.4, -0.2) is 6.16 Å². The molecule has 0 bridgehead atoms. The number of rotatable bonds is 5. The van der Waals surface area contributed by atoms with Crippen molar-refractivity contribution in [3.8, 4) is 0 Å². The van der Waals surface area contributed by atoms with Gasteiger partial charge in [0, 0.05) is 0 Å². The van der Waals surface area contributed by atoms with Gasteiger partial charge in [0.25, 0.3) is 0 Å². The zero-order valence-electron chi connectivity index (χ0n) is 14.2. The lowest BCUT2D eigenvalue weighted by Crippen LogP contribution is -2.14. The van der Waals surface area contributed by atoms with Crippen molar-refractivity contribution in [1.82, 2.24) is 0 Å². The lowest BCUT2D eigenvalue weighted by molar-refractivity contribution is 1.17. The third-order valence-electron chi connectivity index (χ3n) is 4.62. The van der Waals surface area contributed by atoms with Crippen molar-refractivity contribution in [2.45, 2.75) is 6.42 Å². The van der Waals surface area contributed by atoms with E-state index in [1.165, 1.54) is 33.1 Å². The van der Waals surface area contributed by atoms with E-state index in [1.54, 1.807) is 0 Å². The number of hydrogen-bond acceptors (Lipinski definition) is 0. The fourth-order valence-corrected chi connectivity index (χ4v) is 5.71. The molecule has 4 aromatic carbocycles. The predicted molar refractivity (Wildman–Crippen MR) is 112 cm³/mol. The molecule has 0 amide bonds. The second-order valence-electron chi connectivity index (χ2n) is 6.21. The maximum Gasteiger partial charge on any atom is -0.0152 e. The molecule has 0 fully saturated rings. The molecular formula is C24H21P. The van der Waals surface area contributed by atoms with Crippen LogP contribution in [0.2, 0.25) is 0 Å². The molecule has 0 saturated heterocycles. The Kier molecular flexibility index (Phi) is 4.91. The molecule has 0 heterocycles. The van der Waals surface area contributed by atoms with Crippen LogP contribution in [0.3, 0.4) is 0 Å². The summed E-state index contributed by atoms with van der Waals surface area (Å²) in [6, 6.07) is 37.3. The van der Waals surface area contributed by atoms with E-state index in [1.807, 2.05) is 0 Å². The molecule has 0 radical (unpaired) electrons. The Morgan fingerprint density at radius 3 is 1.76 bits per heavy atom. The van der Waals surface area contributed by atoms with Crippen LogP contribution in [0.15, 0.2) is 103 Å². The smallest absolute Gasteiger partial charge is 0.0152 e. The molecule has 0 atom stereocenters. The summed E-state index contributed by atoms with van der Waals surface area (Å²) in [7, 11) is -0.330. The lowest BCUT2D eigenvalue weighted by Gasteiger charge is -2.19. The van der Waals surface area contributed by atoms with E-state index < -0.39 is 0 Å². The molecule has 0 aliphatic carbocycles. The zero-order chi connectivity index (χ0) is 16.9. The van der Waals surface area contributed by atoms with Gasteiger partial charge in [-0.05, 0) is 47.4 Å². The molecule has 0 unspecified atom stereocenters. The quantitative estimate of drug-likeness (QED) is 0.420. The Morgan fingerprint density at radius 1 is 0.520 bits per heavy atom. The first-order chi connectivity index (χ1) is 12.4. The molecule has 0 aliphatic rings. The van der Waals surface area contributed by atoms with Gasteiger partial charge in [-0.1, -0.05) is 103 Å². The van der Waals surface area contributed by atoms with Crippen molar-refractivity contribution < 1.29 is 0 Å². The normalized spacial score (nSPS) is 11.1. The van der Waals surface area contributed by atoms with Crippen LogP contribution in [0.25, 0.3) is 10.8 Å². The van der Waals surface area contributed by atoms with Gasteiger partial charge in [-0.3, -0.25) is 0 Å². The highest BCUT2D eigenvalue weighted by atomic mass is 31.1. The van der Waals surface area contributed by atoms with Gasteiger partial charge in [0.05, 0.1) is 0 Å². The van der Waals surface area contributed by atoms with E-state index in [2.05, 4.69) is 103 Å². The minimum absolute atomic E-state index is 0.330. The highest BCUT2D eigenvalue weighted by Gasteiger charge is 2.14. The summed E-state index contributed by atoms with van der Waals surface area (Å²) in [5.74, 6) is 0. The SMILES string of the molecule is c1ccc(P(CCc2cccc3ccccc23)c2ccccc2)cc1. The predicted octanol–water partition coefficient (Wildman–Crippen LogP) is 5.52. The summed E-state index contributed by atoms with van der Waals surface area (Å²) in [5, 5.41) is 5.65. The molecule has 0 saturated carbocycles. The second kappa shape index (κ2) is 7.64. The summed E-state index contributed by atoms with van der Waals surface area (Å²) in [4.78, 5) is 0. The Morgan fingerprint density at radius 2 is 1.08 bits per heavy atom. The fourth-order valence-electron chi connectivity index (χ4n) is 3.37. The van der Waals surface area contributed by atoms with E-state index >= 15 is 0 Å². The lowest BCUT2D eigenvalue weighted by atomic mass is 10.0. The fraction of sp³-hybridized carbons (Fsp3) is 0.0833. The summed E-state index contributed by atoms with van der Waals surface area (Å²) in [6.45, 7) is 0. The first kappa shape index (κ1) is 16.1. The van der Waals surface area contributed by atoms with Gasteiger partial charge in [-0.2, -0.15) is 0 Å². The average Bonchev–Trinajstić information content (AvgIpc) is 2.70. The van der Waals surface area contributed by atoms with Crippen molar-refractivity contribution in [1.29, 1.82) is 0 Å². The van der Waals surface area contributed by atoms with Crippen LogP contribution < -0.4 is 10.6 Å². The third-order valence-corrected chi connectivity index (χ3v) is 7.13. The van der Waals surface area contributed by atoms with Crippen LogP contribution in [0.1, 0.15) is 5.56 Å². The topological polar surface area (TPSA) is 0 Å². The largest absolute Gasteiger partial charge is 0.0622 e. The Labute approximate surface area is 150 Å². The summed E-state index contributed by atoms with van der Waals surface area (Å²) in [5.41, 5.74) is 1.46. The monoisotopic (exact) mass is 340 g/mol. The molecular weight excluding hydrogens is 319 g/mol. The number of benzene rings is 4. The van der Waals surface area contributed by atoms with Crippen LogP contribution in [0.5, 0.6) is 0 Å². The van der Waals surface area contributed by atoms with Crippen LogP contribution in [-0.2, 0) is 6.42 Å². The van der Waals surface area contributed by atoms with E-state index in [0.29, 0.717) is 0 Å². The average molecular weight is 340 g/mol. The molecule has 25 heavy (non-hydrogen) atoms. The van der Waals surface area contributed by atoms with Crippen LogP contribution >= 0.6 is 7.92 Å². The number of hydrogen-bond donors (Lipinski definition) is 0. The first-order valence-electron chi connectivity index (χ1n) is 8.76. The molecule has 0 nitrogen and oxygen atoms in total. The van der Waals surface area contributed by atoms with Gasteiger partial charge in [0.2, 0.25) is 0 Å². The van der Waals surface area contributed by atoms with E-state index in [4.69, 9.17) is 0 Å². The number of fused-ring (bicyclic) bond motifs is 1. The van der Waals surface area contributed by atoms with Crippen LogP contribution in [0.4, 0.5) is 0 Å². The van der Waals surface area contributed by atoms with Gasteiger partial charge in [0.15, 0.2) is 0 Å². The third kappa shape index (κ3) is 3.65. The van der Waals surface area contributed by atoms with Gasteiger partial charge in [-0.15, -0.1) is 0 Å². The van der Waals surface area contributed by atoms with Gasteiger partial charge < -0.3 is 0 Å². The highest BCUT2D eigenvalue weighted by molar-refractivity contribution is 7.73. The minimum atomic E-state index is -0.330. The molecule has 4 rings (SSSR count). The summed E-state index contributed by atoms with van der Waals surface area (Å²) < 4.78 is 0. The second-order valence-corrected chi connectivity index (χ2v) is 8.55. The van der Waals surface area contributed by atoms with Gasteiger partial charge >= 0.3 is 0 Å². The molecule has 122 valence electrons. The Hall–Kier alpha value is -2.43. The van der Waals surface area contributed by atoms with Gasteiger partial charge in [-0.25, -0.2) is 0 Å². The summed E-state index contributed by atoms with van der Waals surface area (Å²) in [6.07, 6.45) is 2.29. The van der Waals surface area contributed by atoms with E-state index in [0.717, 1.165) is 6.42 Å². The van der Waals surface area contributed by atoms with Crippen molar-refractivity contribution in [2.75, 3.05) is 6.16 Å².